The SMILES string of the molecule is CCCNC1CSCC1c1nc(CC2CCCO2)no1. The zero-order chi connectivity index (χ0) is 13.8. The van der Waals surface area contributed by atoms with Crippen LogP contribution in [-0.4, -0.2) is 46.9 Å². The van der Waals surface area contributed by atoms with E-state index in [2.05, 4.69) is 22.4 Å². The van der Waals surface area contributed by atoms with Crippen LogP contribution < -0.4 is 5.32 Å². The molecule has 0 aromatic carbocycles. The summed E-state index contributed by atoms with van der Waals surface area (Å²) in [5.74, 6) is 4.17. The van der Waals surface area contributed by atoms with Gasteiger partial charge >= 0.3 is 0 Å². The zero-order valence-electron chi connectivity index (χ0n) is 12.0. The second kappa shape index (κ2) is 6.91. The summed E-state index contributed by atoms with van der Waals surface area (Å²) in [4.78, 5) is 4.60. The second-order valence-corrected chi connectivity index (χ2v) is 6.67. The number of thioether (sulfide) groups is 1. The van der Waals surface area contributed by atoms with Crippen LogP contribution in [0.1, 0.15) is 43.8 Å². The summed E-state index contributed by atoms with van der Waals surface area (Å²) in [5.41, 5.74) is 0. The molecule has 3 rings (SSSR count). The highest BCUT2D eigenvalue weighted by Gasteiger charge is 2.33. The van der Waals surface area contributed by atoms with Gasteiger partial charge in [-0.2, -0.15) is 16.7 Å². The van der Waals surface area contributed by atoms with E-state index in [4.69, 9.17) is 9.26 Å². The summed E-state index contributed by atoms with van der Waals surface area (Å²) >= 11 is 1.96. The van der Waals surface area contributed by atoms with E-state index in [1.165, 1.54) is 0 Å². The van der Waals surface area contributed by atoms with Gasteiger partial charge in [0.1, 0.15) is 0 Å². The molecule has 0 aliphatic carbocycles. The third-order valence-corrected chi connectivity index (χ3v) is 5.16. The number of ether oxygens (including phenoxy) is 1. The van der Waals surface area contributed by atoms with Crippen molar-refractivity contribution in [3.8, 4) is 0 Å². The third-order valence-electron chi connectivity index (χ3n) is 3.97. The highest BCUT2D eigenvalue weighted by Crippen LogP contribution is 2.32. The summed E-state index contributed by atoms with van der Waals surface area (Å²) in [6.45, 7) is 4.12. The van der Waals surface area contributed by atoms with E-state index in [1.54, 1.807) is 0 Å². The Bertz CT molecular complexity index is 420. The molecule has 0 bridgehead atoms. The molecule has 2 saturated heterocycles. The van der Waals surface area contributed by atoms with Gasteiger partial charge in [-0.1, -0.05) is 12.1 Å². The van der Waals surface area contributed by atoms with Crippen molar-refractivity contribution in [1.29, 1.82) is 0 Å². The lowest BCUT2D eigenvalue weighted by Crippen LogP contribution is -2.34. The van der Waals surface area contributed by atoms with Gasteiger partial charge in [0.25, 0.3) is 0 Å². The normalized spacial score (nSPS) is 30.1. The van der Waals surface area contributed by atoms with Crippen LogP contribution in [0.3, 0.4) is 0 Å². The topological polar surface area (TPSA) is 60.2 Å². The Morgan fingerprint density at radius 2 is 2.35 bits per heavy atom. The number of rotatable bonds is 6. The van der Waals surface area contributed by atoms with Gasteiger partial charge in [-0.3, -0.25) is 0 Å². The lowest BCUT2D eigenvalue weighted by Gasteiger charge is -2.16. The molecular weight excluding hydrogens is 274 g/mol. The van der Waals surface area contributed by atoms with Crippen molar-refractivity contribution < 1.29 is 9.26 Å². The second-order valence-electron chi connectivity index (χ2n) is 5.59. The van der Waals surface area contributed by atoms with Gasteiger partial charge < -0.3 is 14.6 Å². The van der Waals surface area contributed by atoms with Gasteiger partial charge in [0, 0.05) is 30.6 Å². The lowest BCUT2D eigenvalue weighted by molar-refractivity contribution is 0.109. The Kier molecular flexibility index (Phi) is 4.96. The molecule has 0 saturated carbocycles. The molecule has 0 radical (unpaired) electrons. The van der Waals surface area contributed by atoms with Crippen LogP contribution in [0, 0.1) is 0 Å². The molecular formula is C14H23N3O2S. The van der Waals surface area contributed by atoms with Crippen LogP contribution in [0.5, 0.6) is 0 Å². The van der Waals surface area contributed by atoms with Crippen molar-refractivity contribution in [3.05, 3.63) is 11.7 Å². The fourth-order valence-electron chi connectivity index (χ4n) is 2.84. The largest absolute Gasteiger partial charge is 0.378 e. The van der Waals surface area contributed by atoms with Crippen molar-refractivity contribution in [1.82, 2.24) is 15.5 Å². The smallest absolute Gasteiger partial charge is 0.232 e. The van der Waals surface area contributed by atoms with Crippen LogP contribution in [0.25, 0.3) is 0 Å². The minimum Gasteiger partial charge on any atom is -0.378 e. The van der Waals surface area contributed by atoms with Crippen molar-refractivity contribution in [2.75, 3.05) is 24.7 Å². The predicted octanol–water partition coefficient (Wildman–Crippen LogP) is 1.99. The van der Waals surface area contributed by atoms with Crippen LogP contribution in [-0.2, 0) is 11.2 Å². The van der Waals surface area contributed by atoms with Gasteiger partial charge in [0.15, 0.2) is 5.82 Å². The van der Waals surface area contributed by atoms with Crippen molar-refractivity contribution in [2.45, 2.75) is 50.7 Å². The fourth-order valence-corrected chi connectivity index (χ4v) is 4.21. The maximum Gasteiger partial charge on any atom is 0.232 e. The van der Waals surface area contributed by atoms with Crippen molar-refractivity contribution in [2.24, 2.45) is 0 Å². The van der Waals surface area contributed by atoms with Gasteiger partial charge in [-0.05, 0) is 25.8 Å². The summed E-state index contributed by atoms with van der Waals surface area (Å²) < 4.78 is 11.1. The molecule has 5 nitrogen and oxygen atoms in total. The number of nitrogens with one attached hydrogen (secondary N) is 1. The average molecular weight is 297 g/mol. The molecule has 1 N–H and O–H groups in total. The summed E-state index contributed by atoms with van der Waals surface area (Å²) in [5, 5.41) is 7.72. The van der Waals surface area contributed by atoms with Gasteiger partial charge in [-0.15, -0.1) is 0 Å². The highest BCUT2D eigenvalue weighted by molar-refractivity contribution is 7.99. The van der Waals surface area contributed by atoms with E-state index in [0.717, 1.165) is 62.1 Å². The number of aromatic nitrogens is 2. The summed E-state index contributed by atoms with van der Waals surface area (Å²) in [7, 11) is 0. The Balaban J connectivity index is 1.60. The quantitative estimate of drug-likeness (QED) is 0.866. The van der Waals surface area contributed by atoms with Crippen LogP contribution in [0.4, 0.5) is 0 Å². The number of hydrogen-bond donors (Lipinski definition) is 1. The molecule has 3 heterocycles. The van der Waals surface area contributed by atoms with Gasteiger partial charge in [0.2, 0.25) is 5.89 Å². The first-order chi connectivity index (χ1) is 9.86. The van der Waals surface area contributed by atoms with E-state index in [1.807, 2.05) is 11.8 Å². The third kappa shape index (κ3) is 3.35. The first-order valence-corrected chi connectivity index (χ1v) is 8.77. The maximum absolute atomic E-state index is 5.63. The van der Waals surface area contributed by atoms with Crippen molar-refractivity contribution >= 4 is 11.8 Å². The molecule has 1 aromatic rings. The molecule has 3 unspecified atom stereocenters. The zero-order valence-corrected chi connectivity index (χ0v) is 12.8. The van der Waals surface area contributed by atoms with Crippen molar-refractivity contribution in [3.63, 3.8) is 0 Å². The van der Waals surface area contributed by atoms with E-state index >= 15 is 0 Å². The summed E-state index contributed by atoms with van der Waals surface area (Å²) in [6, 6.07) is 0.469. The number of hydrogen-bond acceptors (Lipinski definition) is 6. The Morgan fingerprint density at radius 3 is 3.15 bits per heavy atom. The monoisotopic (exact) mass is 297 g/mol. The highest BCUT2D eigenvalue weighted by atomic mass is 32.2. The molecule has 20 heavy (non-hydrogen) atoms. The Hall–Kier alpha value is -0.590. The molecule has 0 spiro atoms. The molecule has 1 aromatic heterocycles. The Morgan fingerprint density at radius 1 is 1.40 bits per heavy atom. The summed E-state index contributed by atoms with van der Waals surface area (Å²) in [6.07, 6.45) is 4.49. The first kappa shape index (κ1) is 14.4. The predicted molar refractivity (Wildman–Crippen MR) is 79.1 cm³/mol. The van der Waals surface area contributed by atoms with Crippen LogP contribution in [0.2, 0.25) is 0 Å². The molecule has 3 atom stereocenters. The van der Waals surface area contributed by atoms with Gasteiger partial charge in [-0.25, -0.2) is 0 Å². The molecule has 2 aliphatic heterocycles. The minimum atomic E-state index is 0.285. The minimum absolute atomic E-state index is 0.285. The molecule has 2 aliphatic rings. The van der Waals surface area contributed by atoms with E-state index < -0.39 is 0 Å². The first-order valence-electron chi connectivity index (χ1n) is 7.62. The van der Waals surface area contributed by atoms with E-state index in [0.29, 0.717) is 12.0 Å². The number of nitrogens with zero attached hydrogens (tertiary/aromatic N) is 2. The molecule has 2 fully saturated rings. The lowest BCUT2D eigenvalue weighted by atomic mass is 10.0. The van der Waals surface area contributed by atoms with Crippen LogP contribution >= 0.6 is 11.8 Å². The molecule has 112 valence electrons. The average Bonchev–Trinajstić information content (AvgIpc) is 3.17. The Labute approximate surface area is 124 Å². The molecule has 0 amide bonds. The maximum atomic E-state index is 5.63. The standard InChI is InChI=1S/C14H23N3O2S/c1-2-5-15-12-9-20-8-11(12)14-16-13(17-19-14)7-10-4-3-6-18-10/h10-12,15H,2-9H2,1H3. The van der Waals surface area contributed by atoms with E-state index in [-0.39, 0.29) is 6.10 Å². The van der Waals surface area contributed by atoms with Crippen LogP contribution in [0.15, 0.2) is 4.52 Å². The van der Waals surface area contributed by atoms with Gasteiger partial charge in [0.05, 0.1) is 12.0 Å². The van der Waals surface area contributed by atoms with E-state index in [9.17, 15) is 0 Å². The fraction of sp³-hybridized carbons (Fsp3) is 0.857. The molecule has 6 heteroatoms.